The molecule has 25 heavy (non-hydrogen) atoms. The first-order valence-electron chi connectivity index (χ1n) is 8.41. The van der Waals surface area contributed by atoms with Crippen LogP contribution in [-0.4, -0.2) is 19.5 Å². The zero-order valence-corrected chi connectivity index (χ0v) is 15.9. The number of benzene rings is 2. The highest BCUT2D eigenvalue weighted by Gasteiger charge is 2.16. The van der Waals surface area contributed by atoms with E-state index < -0.39 is 10.0 Å². The van der Waals surface area contributed by atoms with E-state index in [9.17, 15) is 8.42 Å². The maximum atomic E-state index is 12.5. The molecule has 0 bridgehead atoms. The number of hydrogen-bond donors (Lipinski definition) is 1. The molecule has 0 aliphatic rings. The van der Waals surface area contributed by atoms with Gasteiger partial charge in [-0.25, -0.2) is 13.1 Å². The predicted octanol–water partition coefficient (Wildman–Crippen LogP) is 3.62. The molecule has 0 spiro atoms. The fraction of sp³-hybridized carbons (Fsp3) is 0.300. The molecule has 132 valence electrons. The van der Waals surface area contributed by atoms with Gasteiger partial charge in [-0.15, -0.1) is 0 Å². The van der Waals surface area contributed by atoms with Crippen molar-refractivity contribution in [2.75, 3.05) is 6.54 Å². The Labute approximate surface area is 149 Å². The van der Waals surface area contributed by atoms with Crippen LogP contribution >= 0.6 is 0 Å². The second-order valence-electron chi connectivity index (χ2n) is 6.53. The molecule has 0 aliphatic carbocycles. The van der Waals surface area contributed by atoms with E-state index in [0.717, 1.165) is 11.1 Å². The number of aromatic nitrogens is 1. The van der Waals surface area contributed by atoms with Crippen LogP contribution in [0.15, 0.2) is 47.4 Å². The van der Waals surface area contributed by atoms with Gasteiger partial charge in [0, 0.05) is 30.2 Å². The fourth-order valence-electron chi connectivity index (χ4n) is 3.19. The second kappa shape index (κ2) is 6.65. The van der Waals surface area contributed by atoms with E-state index in [0.29, 0.717) is 17.9 Å². The molecule has 0 radical (unpaired) electrons. The number of para-hydroxylation sites is 1. The van der Waals surface area contributed by atoms with Crippen LogP contribution in [0.25, 0.3) is 10.9 Å². The topological polar surface area (TPSA) is 51.1 Å². The SMILES string of the molecule is Cc1ccc(S(=O)(=O)NCCc2c(C)n(C)c3ccccc23)cc1C. The van der Waals surface area contributed by atoms with Gasteiger partial charge in [0.25, 0.3) is 0 Å². The first-order chi connectivity index (χ1) is 11.8. The molecule has 0 saturated heterocycles. The van der Waals surface area contributed by atoms with Crippen molar-refractivity contribution in [3.05, 3.63) is 64.8 Å². The van der Waals surface area contributed by atoms with Gasteiger partial charge in [-0.3, -0.25) is 0 Å². The van der Waals surface area contributed by atoms with Crippen LogP contribution in [0.3, 0.4) is 0 Å². The van der Waals surface area contributed by atoms with E-state index in [2.05, 4.69) is 28.3 Å². The second-order valence-corrected chi connectivity index (χ2v) is 8.30. The number of aryl methyl sites for hydroxylation is 3. The predicted molar refractivity (Wildman–Crippen MR) is 102 cm³/mol. The highest BCUT2D eigenvalue weighted by Crippen LogP contribution is 2.25. The molecule has 5 heteroatoms. The van der Waals surface area contributed by atoms with Crippen molar-refractivity contribution < 1.29 is 8.42 Å². The van der Waals surface area contributed by atoms with Crippen molar-refractivity contribution in [2.24, 2.45) is 7.05 Å². The summed E-state index contributed by atoms with van der Waals surface area (Å²) in [6, 6.07) is 13.5. The van der Waals surface area contributed by atoms with Crippen molar-refractivity contribution in [1.29, 1.82) is 0 Å². The van der Waals surface area contributed by atoms with Gasteiger partial charge in [-0.2, -0.15) is 0 Å². The summed E-state index contributed by atoms with van der Waals surface area (Å²) >= 11 is 0. The van der Waals surface area contributed by atoms with E-state index in [4.69, 9.17) is 0 Å². The van der Waals surface area contributed by atoms with Crippen LogP contribution in [0.2, 0.25) is 0 Å². The number of sulfonamides is 1. The summed E-state index contributed by atoms with van der Waals surface area (Å²) in [5.74, 6) is 0. The van der Waals surface area contributed by atoms with Crippen LogP contribution < -0.4 is 4.72 Å². The minimum Gasteiger partial charge on any atom is -0.348 e. The molecule has 0 amide bonds. The van der Waals surface area contributed by atoms with Gasteiger partial charge in [-0.1, -0.05) is 24.3 Å². The average Bonchev–Trinajstić information content (AvgIpc) is 2.82. The molecule has 3 aromatic rings. The summed E-state index contributed by atoms with van der Waals surface area (Å²) < 4.78 is 29.9. The zero-order chi connectivity index (χ0) is 18.2. The van der Waals surface area contributed by atoms with Crippen molar-refractivity contribution in [3.8, 4) is 0 Å². The minimum atomic E-state index is -3.49. The van der Waals surface area contributed by atoms with E-state index in [-0.39, 0.29) is 0 Å². The minimum absolute atomic E-state index is 0.324. The summed E-state index contributed by atoms with van der Waals surface area (Å²) in [6.07, 6.45) is 0.664. The molecule has 4 nitrogen and oxygen atoms in total. The van der Waals surface area contributed by atoms with E-state index in [1.807, 2.05) is 39.1 Å². The van der Waals surface area contributed by atoms with Gasteiger partial charge in [-0.05, 0) is 62.1 Å². The molecule has 0 aliphatic heterocycles. The summed E-state index contributed by atoms with van der Waals surface area (Å²) in [7, 11) is -1.44. The molecule has 0 unspecified atom stereocenters. The third-order valence-electron chi connectivity index (χ3n) is 4.99. The van der Waals surface area contributed by atoms with Gasteiger partial charge in [0.1, 0.15) is 0 Å². The third kappa shape index (κ3) is 3.34. The molecule has 1 N–H and O–H groups in total. The Morgan fingerprint density at radius 2 is 1.72 bits per heavy atom. The molecule has 1 heterocycles. The zero-order valence-electron chi connectivity index (χ0n) is 15.1. The first kappa shape index (κ1) is 17.7. The highest BCUT2D eigenvalue weighted by molar-refractivity contribution is 7.89. The molecule has 0 atom stereocenters. The maximum absolute atomic E-state index is 12.5. The average molecular weight is 356 g/mol. The molecule has 0 fully saturated rings. The molecule has 0 saturated carbocycles. The molecular weight excluding hydrogens is 332 g/mol. The van der Waals surface area contributed by atoms with Crippen LogP contribution in [-0.2, 0) is 23.5 Å². The van der Waals surface area contributed by atoms with E-state index in [1.165, 1.54) is 22.2 Å². The summed E-state index contributed by atoms with van der Waals surface area (Å²) in [4.78, 5) is 0.324. The van der Waals surface area contributed by atoms with Crippen molar-refractivity contribution in [1.82, 2.24) is 9.29 Å². The Morgan fingerprint density at radius 1 is 1.00 bits per heavy atom. The number of nitrogens with one attached hydrogen (secondary N) is 1. The van der Waals surface area contributed by atoms with E-state index in [1.54, 1.807) is 12.1 Å². The van der Waals surface area contributed by atoms with Crippen LogP contribution in [0, 0.1) is 20.8 Å². The van der Waals surface area contributed by atoms with Gasteiger partial charge >= 0.3 is 0 Å². The van der Waals surface area contributed by atoms with Gasteiger partial charge in [0.2, 0.25) is 10.0 Å². The van der Waals surface area contributed by atoms with Gasteiger partial charge in [0.05, 0.1) is 4.90 Å². The lowest BCUT2D eigenvalue weighted by Crippen LogP contribution is -2.26. The first-order valence-corrected chi connectivity index (χ1v) is 9.89. The standard InChI is InChI=1S/C20H24N2O2S/c1-14-9-10-17(13-15(14)2)25(23,24)21-12-11-18-16(3)22(4)20-8-6-5-7-19(18)20/h5-10,13,21H,11-12H2,1-4H3. The van der Waals surface area contributed by atoms with Gasteiger partial charge in [0.15, 0.2) is 0 Å². The molecule has 1 aromatic heterocycles. The highest BCUT2D eigenvalue weighted by atomic mass is 32.2. The Morgan fingerprint density at radius 3 is 2.44 bits per heavy atom. The lowest BCUT2D eigenvalue weighted by Gasteiger charge is -2.09. The maximum Gasteiger partial charge on any atom is 0.240 e. The summed E-state index contributed by atoms with van der Waals surface area (Å²) in [5.41, 5.74) is 5.61. The Kier molecular flexibility index (Phi) is 4.71. The lowest BCUT2D eigenvalue weighted by atomic mass is 10.1. The monoisotopic (exact) mass is 356 g/mol. The van der Waals surface area contributed by atoms with Crippen LogP contribution in [0.1, 0.15) is 22.4 Å². The Balaban J connectivity index is 1.79. The van der Waals surface area contributed by atoms with E-state index >= 15 is 0 Å². The summed E-state index contributed by atoms with van der Waals surface area (Å²) in [5, 5.41) is 1.19. The summed E-state index contributed by atoms with van der Waals surface area (Å²) in [6.45, 7) is 6.35. The quantitative estimate of drug-likeness (QED) is 0.759. The fourth-order valence-corrected chi connectivity index (χ4v) is 4.31. The number of nitrogens with zero attached hydrogens (tertiary/aromatic N) is 1. The van der Waals surface area contributed by atoms with Crippen LogP contribution in [0.5, 0.6) is 0 Å². The molecule has 2 aromatic carbocycles. The molecule has 3 rings (SSSR count). The number of rotatable bonds is 5. The smallest absolute Gasteiger partial charge is 0.240 e. The Bertz CT molecular complexity index is 1030. The Hall–Kier alpha value is -2.11. The normalized spacial score (nSPS) is 12.0. The lowest BCUT2D eigenvalue weighted by molar-refractivity contribution is 0.581. The van der Waals surface area contributed by atoms with Crippen LogP contribution in [0.4, 0.5) is 0 Å². The number of hydrogen-bond acceptors (Lipinski definition) is 2. The largest absolute Gasteiger partial charge is 0.348 e. The van der Waals surface area contributed by atoms with Crippen molar-refractivity contribution in [2.45, 2.75) is 32.1 Å². The molecular formula is C20H24N2O2S. The third-order valence-corrected chi connectivity index (χ3v) is 6.44. The number of fused-ring (bicyclic) bond motifs is 1. The van der Waals surface area contributed by atoms with Gasteiger partial charge < -0.3 is 4.57 Å². The van der Waals surface area contributed by atoms with Crippen molar-refractivity contribution >= 4 is 20.9 Å². The van der Waals surface area contributed by atoms with Crippen molar-refractivity contribution in [3.63, 3.8) is 0 Å².